The zero-order valence-electron chi connectivity index (χ0n) is 9.44. The molecule has 0 aliphatic carbocycles. The van der Waals surface area contributed by atoms with E-state index in [4.69, 9.17) is 12.2 Å². The van der Waals surface area contributed by atoms with Gasteiger partial charge in [0.2, 0.25) is 0 Å². The fourth-order valence-electron chi connectivity index (χ4n) is 1.69. The number of nitrogens with one attached hydrogen (secondary N) is 1. The average molecular weight is 235 g/mol. The van der Waals surface area contributed by atoms with Crippen molar-refractivity contribution in [3.8, 4) is 0 Å². The molecule has 5 heteroatoms. The Balaban J connectivity index is 2.95. The topological polar surface area (TPSA) is 41.0 Å². The van der Waals surface area contributed by atoms with Crippen LogP contribution in [0, 0.1) is 11.7 Å². The van der Waals surface area contributed by atoms with Crippen LogP contribution >= 0.6 is 12.2 Å². The number of benzene rings is 1. The molecule has 0 fully saturated rings. The Hall–Kier alpha value is -1.62. The van der Waals surface area contributed by atoms with Crippen molar-refractivity contribution in [1.29, 1.82) is 0 Å². The summed E-state index contributed by atoms with van der Waals surface area (Å²) in [5.41, 5.74) is 1.79. The third-order valence-corrected chi connectivity index (χ3v) is 2.71. The molecule has 84 valence electrons. The first kappa shape index (κ1) is 10.9. The number of fused-ring (bicyclic) bond motifs is 1. The van der Waals surface area contributed by atoms with Crippen LogP contribution in [0.15, 0.2) is 23.0 Å². The van der Waals surface area contributed by atoms with Crippen molar-refractivity contribution < 1.29 is 0 Å². The fraction of sp³-hybridized carbons (Fsp3) is 0.273. The van der Waals surface area contributed by atoms with Crippen LogP contribution in [0.2, 0.25) is 0 Å². The zero-order chi connectivity index (χ0) is 11.9. The van der Waals surface area contributed by atoms with E-state index in [1.54, 1.807) is 19.1 Å². The van der Waals surface area contributed by atoms with E-state index in [2.05, 4.69) is 4.98 Å². The molecule has 1 aromatic heterocycles. The highest BCUT2D eigenvalue weighted by Crippen LogP contribution is 2.09. The summed E-state index contributed by atoms with van der Waals surface area (Å²) in [6.45, 7) is 1.98. The third-order valence-electron chi connectivity index (χ3n) is 2.43. The molecule has 0 radical (unpaired) electrons. The van der Waals surface area contributed by atoms with Crippen LogP contribution in [0.1, 0.15) is 5.56 Å². The molecule has 0 unspecified atom stereocenters. The standard InChI is InChI=1S/C11H13N3OS/c1-7-4-5-8-9(6-7)12-11(16)14(10(8)15)13(2)3/h4-6H,1-3H3,(H,12,16). The van der Waals surface area contributed by atoms with Gasteiger partial charge in [-0.1, -0.05) is 6.07 Å². The first-order valence-electron chi connectivity index (χ1n) is 4.94. The first-order valence-corrected chi connectivity index (χ1v) is 5.35. The van der Waals surface area contributed by atoms with Crippen molar-refractivity contribution in [3.05, 3.63) is 38.9 Å². The molecule has 16 heavy (non-hydrogen) atoms. The van der Waals surface area contributed by atoms with Crippen molar-refractivity contribution in [2.45, 2.75) is 6.92 Å². The highest BCUT2D eigenvalue weighted by molar-refractivity contribution is 7.71. The number of H-pyrrole nitrogens is 1. The Kier molecular flexibility index (Phi) is 2.55. The maximum absolute atomic E-state index is 12.1. The van der Waals surface area contributed by atoms with E-state index >= 15 is 0 Å². The Morgan fingerprint density at radius 3 is 2.69 bits per heavy atom. The second-order valence-electron chi connectivity index (χ2n) is 3.94. The van der Waals surface area contributed by atoms with Crippen LogP contribution < -0.4 is 10.6 Å². The summed E-state index contributed by atoms with van der Waals surface area (Å²) in [5, 5.41) is 2.31. The van der Waals surface area contributed by atoms with Gasteiger partial charge in [0.15, 0.2) is 4.77 Å². The van der Waals surface area contributed by atoms with E-state index in [1.165, 1.54) is 4.68 Å². The van der Waals surface area contributed by atoms with Gasteiger partial charge in [-0.05, 0) is 36.8 Å². The van der Waals surface area contributed by atoms with Crippen LogP contribution in [0.5, 0.6) is 0 Å². The van der Waals surface area contributed by atoms with Gasteiger partial charge in [-0.3, -0.25) is 4.79 Å². The predicted octanol–water partition coefficient (Wildman–Crippen LogP) is 1.57. The molecule has 0 saturated carbocycles. The maximum atomic E-state index is 12.1. The van der Waals surface area contributed by atoms with Gasteiger partial charge in [-0.25, -0.2) is 0 Å². The Morgan fingerprint density at radius 2 is 2.06 bits per heavy atom. The summed E-state index contributed by atoms with van der Waals surface area (Å²) in [6, 6.07) is 5.66. The lowest BCUT2D eigenvalue weighted by atomic mass is 10.2. The van der Waals surface area contributed by atoms with Crippen molar-refractivity contribution in [3.63, 3.8) is 0 Å². The van der Waals surface area contributed by atoms with Gasteiger partial charge >= 0.3 is 0 Å². The van der Waals surface area contributed by atoms with E-state index in [9.17, 15) is 4.79 Å². The summed E-state index contributed by atoms with van der Waals surface area (Å²) in [6.07, 6.45) is 0. The predicted molar refractivity (Wildman–Crippen MR) is 68.2 cm³/mol. The zero-order valence-corrected chi connectivity index (χ0v) is 10.3. The quantitative estimate of drug-likeness (QED) is 0.763. The monoisotopic (exact) mass is 235 g/mol. The number of hydrogen-bond acceptors (Lipinski definition) is 3. The molecular weight excluding hydrogens is 222 g/mol. The summed E-state index contributed by atoms with van der Waals surface area (Å²) < 4.78 is 1.85. The lowest BCUT2D eigenvalue weighted by molar-refractivity contribution is 0.680. The van der Waals surface area contributed by atoms with Crippen molar-refractivity contribution in [2.75, 3.05) is 19.1 Å². The lowest BCUT2D eigenvalue weighted by Gasteiger charge is -2.16. The van der Waals surface area contributed by atoms with Crippen LogP contribution in [0.25, 0.3) is 10.9 Å². The molecule has 0 atom stereocenters. The SMILES string of the molecule is Cc1ccc2c(=O)n(N(C)C)c(=S)[nH]c2c1. The highest BCUT2D eigenvalue weighted by atomic mass is 32.1. The van der Waals surface area contributed by atoms with Gasteiger partial charge in [0, 0.05) is 14.1 Å². The van der Waals surface area contributed by atoms with Crippen molar-refractivity contribution in [1.82, 2.24) is 9.66 Å². The molecular formula is C11H13N3OS. The number of aromatic nitrogens is 2. The fourth-order valence-corrected chi connectivity index (χ4v) is 2.04. The Morgan fingerprint density at radius 1 is 1.38 bits per heavy atom. The minimum Gasteiger partial charge on any atom is -0.330 e. The molecule has 0 aliphatic rings. The number of hydrogen-bond donors (Lipinski definition) is 1. The Bertz CT molecular complexity index is 654. The van der Waals surface area contributed by atoms with Crippen molar-refractivity contribution in [2.24, 2.45) is 0 Å². The highest BCUT2D eigenvalue weighted by Gasteiger charge is 2.06. The minimum absolute atomic E-state index is 0.0937. The van der Waals surface area contributed by atoms with E-state index < -0.39 is 0 Å². The molecule has 4 nitrogen and oxygen atoms in total. The van der Waals surface area contributed by atoms with Gasteiger partial charge in [0.25, 0.3) is 5.56 Å². The summed E-state index contributed by atoms with van der Waals surface area (Å²) >= 11 is 5.15. The van der Waals surface area contributed by atoms with Crippen LogP contribution in [0.4, 0.5) is 0 Å². The molecule has 2 aromatic rings. The van der Waals surface area contributed by atoms with Gasteiger partial charge in [-0.2, -0.15) is 4.68 Å². The van der Waals surface area contributed by atoms with Crippen molar-refractivity contribution >= 4 is 23.1 Å². The smallest absolute Gasteiger partial charge is 0.280 e. The second kappa shape index (κ2) is 3.75. The number of nitrogens with zero attached hydrogens (tertiary/aromatic N) is 2. The first-order chi connectivity index (χ1) is 7.50. The summed E-state index contributed by atoms with van der Waals surface area (Å²) in [4.78, 5) is 15.2. The number of rotatable bonds is 1. The largest absolute Gasteiger partial charge is 0.330 e. The van der Waals surface area contributed by atoms with Crippen LogP contribution in [-0.2, 0) is 0 Å². The van der Waals surface area contributed by atoms with Gasteiger partial charge in [0.05, 0.1) is 10.9 Å². The van der Waals surface area contributed by atoms with Crippen LogP contribution in [0.3, 0.4) is 0 Å². The summed E-state index contributed by atoms with van der Waals surface area (Å²) in [5.74, 6) is 0. The van der Waals surface area contributed by atoms with E-state index in [0.29, 0.717) is 10.2 Å². The third kappa shape index (κ3) is 1.63. The second-order valence-corrected chi connectivity index (χ2v) is 4.33. The van der Waals surface area contributed by atoms with E-state index in [1.807, 2.05) is 25.1 Å². The lowest BCUT2D eigenvalue weighted by Crippen LogP contribution is -2.37. The van der Waals surface area contributed by atoms with E-state index in [0.717, 1.165) is 11.1 Å². The van der Waals surface area contributed by atoms with Gasteiger partial charge in [0.1, 0.15) is 0 Å². The average Bonchev–Trinajstić information content (AvgIpc) is 2.15. The minimum atomic E-state index is -0.0937. The van der Waals surface area contributed by atoms with Gasteiger partial charge < -0.3 is 9.99 Å². The molecule has 2 rings (SSSR count). The number of aromatic amines is 1. The molecule has 0 aliphatic heterocycles. The van der Waals surface area contributed by atoms with Crippen LogP contribution in [-0.4, -0.2) is 23.8 Å². The Labute approximate surface area is 98.1 Å². The number of aryl methyl sites for hydroxylation is 1. The molecule has 1 aromatic carbocycles. The molecule has 1 N–H and O–H groups in total. The normalized spacial score (nSPS) is 10.7. The molecule has 0 amide bonds. The molecule has 0 spiro atoms. The molecule has 1 heterocycles. The maximum Gasteiger partial charge on any atom is 0.280 e. The molecule has 0 bridgehead atoms. The summed E-state index contributed by atoms with van der Waals surface area (Å²) in [7, 11) is 3.57. The van der Waals surface area contributed by atoms with E-state index in [-0.39, 0.29) is 5.56 Å². The van der Waals surface area contributed by atoms with Gasteiger partial charge in [-0.15, -0.1) is 0 Å². The molecule has 0 saturated heterocycles.